The second-order valence-corrected chi connectivity index (χ2v) is 7.23. The molecule has 0 aliphatic carbocycles. The highest BCUT2D eigenvalue weighted by Crippen LogP contribution is 2.24. The summed E-state index contributed by atoms with van der Waals surface area (Å²) in [7, 11) is 1.70. The Morgan fingerprint density at radius 1 is 1.38 bits per heavy atom. The standard InChI is InChI=1S/C18H30N4O3.ClH/c1-11(2)15-9-22(6-7-25-5)10-16(15)21-17(23)8-14-12(3)19-13(4)20-18(14)24;/h11,15-16H,6-10H2,1-5H3,(H,21,23)(H,19,20,24);1H/t15-,16+;/m1./s1. The number of amides is 1. The molecule has 0 spiro atoms. The Kier molecular flexibility index (Phi) is 8.73. The van der Waals surface area contributed by atoms with Gasteiger partial charge in [-0.3, -0.25) is 14.5 Å². The Morgan fingerprint density at radius 3 is 2.65 bits per heavy atom. The molecule has 1 aliphatic rings. The van der Waals surface area contributed by atoms with Crippen molar-refractivity contribution in [3.8, 4) is 0 Å². The Bertz CT molecular complexity index is 662. The van der Waals surface area contributed by atoms with Gasteiger partial charge in [0.25, 0.3) is 5.56 Å². The highest BCUT2D eigenvalue weighted by Gasteiger charge is 2.35. The van der Waals surface area contributed by atoms with E-state index in [0.29, 0.717) is 35.5 Å². The number of aromatic nitrogens is 2. The fourth-order valence-electron chi connectivity index (χ4n) is 3.52. The molecule has 1 aromatic heterocycles. The van der Waals surface area contributed by atoms with Crippen LogP contribution in [0.5, 0.6) is 0 Å². The molecule has 0 bridgehead atoms. The molecule has 2 rings (SSSR count). The predicted molar refractivity (Wildman–Crippen MR) is 104 cm³/mol. The molecule has 0 radical (unpaired) electrons. The molecule has 26 heavy (non-hydrogen) atoms. The number of hydrogen-bond donors (Lipinski definition) is 2. The highest BCUT2D eigenvalue weighted by molar-refractivity contribution is 5.85. The molecular formula is C18H31ClN4O3. The number of nitrogens with one attached hydrogen (secondary N) is 2. The van der Waals surface area contributed by atoms with E-state index in [1.165, 1.54) is 0 Å². The zero-order valence-electron chi connectivity index (χ0n) is 16.3. The first kappa shape index (κ1) is 22.6. The molecule has 148 valence electrons. The lowest BCUT2D eigenvalue weighted by molar-refractivity contribution is -0.121. The summed E-state index contributed by atoms with van der Waals surface area (Å²) >= 11 is 0. The Morgan fingerprint density at radius 2 is 2.08 bits per heavy atom. The summed E-state index contributed by atoms with van der Waals surface area (Å²) in [4.78, 5) is 33.8. The third kappa shape index (κ3) is 5.79. The molecule has 7 nitrogen and oxygen atoms in total. The highest BCUT2D eigenvalue weighted by atomic mass is 35.5. The number of aromatic amines is 1. The summed E-state index contributed by atoms with van der Waals surface area (Å²) in [5.41, 5.74) is 0.831. The molecule has 2 heterocycles. The Balaban J connectivity index is 0.00000338. The molecule has 8 heteroatoms. The van der Waals surface area contributed by atoms with Crippen molar-refractivity contribution in [3.05, 3.63) is 27.4 Å². The summed E-state index contributed by atoms with van der Waals surface area (Å²) in [5, 5.41) is 3.13. The quantitative estimate of drug-likeness (QED) is 0.732. The Labute approximate surface area is 161 Å². The van der Waals surface area contributed by atoms with Gasteiger partial charge in [-0.2, -0.15) is 0 Å². The van der Waals surface area contributed by atoms with E-state index < -0.39 is 0 Å². The maximum atomic E-state index is 12.5. The van der Waals surface area contributed by atoms with Gasteiger partial charge >= 0.3 is 0 Å². The van der Waals surface area contributed by atoms with Gasteiger partial charge < -0.3 is 15.0 Å². The largest absolute Gasteiger partial charge is 0.383 e. The smallest absolute Gasteiger partial charge is 0.254 e. The van der Waals surface area contributed by atoms with Crippen LogP contribution < -0.4 is 10.9 Å². The van der Waals surface area contributed by atoms with Gasteiger partial charge in [-0.25, -0.2) is 4.98 Å². The maximum absolute atomic E-state index is 12.5. The second-order valence-electron chi connectivity index (χ2n) is 7.23. The van der Waals surface area contributed by atoms with Gasteiger partial charge in [0, 0.05) is 44.0 Å². The van der Waals surface area contributed by atoms with Gasteiger partial charge in [0.1, 0.15) is 5.82 Å². The van der Waals surface area contributed by atoms with Gasteiger partial charge in [-0.15, -0.1) is 12.4 Å². The minimum absolute atomic E-state index is 0. The van der Waals surface area contributed by atoms with Gasteiger partial charge in [0.05, 0.1) is 13.0 Å². The SMILES string of the molecule is COCCN1C[C@H](NC(=O)Cc2c(C)nc(C)[nH]c2=O)[C@@H](C(C)C)C1.Cl. The maximum Gasteiger partial charge on any atom is 0.254 e. The van der Waals surface area contributed by atoms with Crippen LogP contribution in [-0.2, 0) is 16.0 Å². The van der Waals surface area contributed by atoms with E-state index in [2.05, 4.69) is 34.0 Å². The summed E-state index contributed by atoms with van der Waals surface area (Å²) < 4.78 is 5.16. The third-order valence-corrected chi connectivity index (χ3v) is 4.93. The van der Waals surface area contributed by atoms with E-state index in [1.54, 1.807) is 21.0 Å². The number of aryl methyl sites for hydroxylation is 2. The minimum atomic E-state index is -0.228. The lowest BCUT2D eigenvalue weighted by atomic mass is 9.91. The molecular weight excluding hydrogens is 356 g/mol. The number of methoxy groups -OCH3 is 1. The number of nitrogens with zero attached hydrogens (tertiary/aromatic N) is 2. The molecule has 1 aliphatic heterocycles. The zero-order valence-corrected chi connectivity index (χ0v) is 17.1. The summed E-state index contributed by atoms with van der Waals surface area (Å²) in [6, 6.07) is 0.0992. The van der Waals surface area contributed by atoms with Crippen molar-refractivity contribution in [1.29, 1.82) is 0 Å². The topological polar surface area (TPSA) is 87.3 Å². The van der Waals surface area contributed by atoms with E-state index in [0.717, 1.165) is 19.6 Å². The number of rotatable bonds is 7. The lowest BCUT2D eigenvalue weighted by Crippen LogP contribution is -2.43. The van der Waals surface area contributed by atoms with Gasteiger partial charge in [0.2, 0.25) is 5.91 Å². The number of halogens is 1. The van der Waals surface area contributed by atoms with E-state index in [-0.39, 0.29) is 36.3 Å². The monoisotopic (exact) mass is 386 g/mol. The van der Waals surface area contributed by atoms with Crippen LogP contribution in [0, 0.1) is 25.7 Å². The molecule has 2 N–H and O–H groups in total. The van der Waals surface area contributed by atoms with Crippen molar-refractivity contribution in [1.82, 2.24) is 20.2 Å². The molecule has 2 atom stereocenters. The molecule has 1 fully saturated rings. The zero-order chi connectivity index (χ0) is 18.6. The van der Waals surface area contributed by atoms with Crippen LogP contribution in [0.3, 0.4) is 0 Å². The Hall–Kier alpha value is -1.44. The summed E-state index contributed by atoms with van der Waals surface area (Å²) in [6.07, 6.45) is 0.0633. The van der Waals surface area contributed by atoms with Crippen molar-refractivity contribution in [2.75, 3.05) is 33.4 Å². The van der Waals surface area contributed by atoms with Crippen LogP contribution in [0.25, 0.3) is 0 Å². The van der Waals surface area contributed by atoms with Crippen LogP contribution in [0.4, 0.5) is 0 Å². The molecule has 1 saturated heterocycles. The minimum Gasteiger partial charge on any atom is -0.383 e. The van der Waals surface area contributed by atoms with Gasteiger partial charge in [-0.05, 0) is 25.7 Å². The third-order valence-electron chi connectivity index (χ3n) is 4.93. The van der Waals surface area contributed by atoms with Crippen molar-refractivity contribution in [2.45, 2.75) is 40.2 Å². The first-order chi connectivity index (χ1) is 11.8. The summed E-state index contributed by atoms with van der Waals surface area (Å²) in [6.45, 7) is 11.2. The normalized spacial score (nSPS) is 20.2. The predicted octanol–water partition coefficient (Wildman–Crippen LogP) is 1.07. The average Bonchev–Trinajstić information content (AvgIpc) is 2.91. The molecule has 1 amide bonds. The van der Waals surface area contributed by atoms with Gasteiger partial charge in [0.15, 0.2) is 0 Å². The fourth-order valence-corrected chi connectivity index (χ4v) is 3.52. The first-order valence-electron chi connectivity index (χ1n) is 8.88. The van der Waals surface area contributed by atoms with Crippen LogP contribution in [-0.4, -0.2) is 60.2 Å². The van der Waals surface area contributed by atoms with Crippen LogP contribution in [0.2, 0.25) is 0 Å². The number of carbonyl (C=O) groups is 1. The van der Waals surface area contributed by atoms with Crippen molar-refractivity contribution in [3.63, 3.8) is 0 Å². The van der Waals surface area contributed by atoms with Crippen molar-refractivity contribution >= 4 is 18.3 Å². The van der Waals surface area contributed by atoms with Crippen molar-refractivity contribution in [2.24, 2.45) is 11.8 Å². The molecule has 0 aromatic carbocycles. The average molecular weight is 387 g/mol. The molecule has 0 saturated carbocycles. The number of carbonyl (C=O) groups excluding carboxylic acids is 1. The van der Waals surface area contributed by atoms with E-state index >= 15 is 0 Å². The second kappa shape index (κ2) is 10.0. The molecule has 1 aromatic rings. The number of H-pyrrole nitrogens is 1. The van der Waals surface area contributed by atoms with E-state index in [9.17, 15) is 9.59 Å². The van der Waals surface area contributed by atoms with E-state index in [4.69, 9.17) is 4.74 Å². The van der Waals surface area contributed by atoms with Crippen molar-refractivity contribution < 1.29 is 9.53 Å². The fraction of sp³-hybridized carbons (Fsp3) is 0.722. The van der Waals surface area contributed by atoms with E-state index in [1.807, 2.05) is 0 Å². The van der Waals surface area contributed by atoms with Crippen LogP contribution in [0.15, 0.2) is 4.79 Å². The van der Waals surface area contributed by atoms with Crippen LogP contribution >= 0.6 is 12.4 Å². The number of likely N-dealkylation sites (tertiary alicyclic amines) is 1. The molecule has 0 unspecified atom stereocenters. The first-order valence-corrected chi connectivity index (χ1v) is 8.88. The van der Waals surface area contributed by atoms with Gasteiger partial charge in [-0.1, -0.05) is 13.8 Å². The van der Waals surface area contributed by atoms with Crippen LogP contribution in [0.1, 0.15) is 30.9 Å². The summed E-state index contributed by atoms with van der Waals surface area (Å²) in [5.74, 6) is 1.32. The number of hydrogen-bond acceptors (Lipinski definition) is 5. The number of ether oxygens (including phenoxy) is 1. The lowest BCUT2D eigenvalue weighted by Gasteiger charge is -2.23.